The van der Waals surface area contributed by atoms with Crippen molar-refractivity contribution in [2.45, 2.75) is 38.5 Å². The number of hydrogen-bond acceptors (Lipinski definition) is 3. The minimum absolute atomic E-state index is 0.950. The van der Waals surface area contributed by atoms with Crippen LogP contribution in [0.3, 0.4) is 0 Å². The van der Waals surface area contributed by atoms with Crippen LogP contribution in [0.4, 0.5) is 5.69 Å². The van der Waals surface area contributed by atoms with E-state index in [1.54, 1.807) is 11.3 Å². The molecule has 0 saturated heterocycles. The Bertz CT molecular complexity index is 498. The summed E-state index contributed by atoms with van der Waals surface area (Å²) in [6, 6.07) is 8.64. The standard InChI is InChI=1S/C17H22N2S/c1-2-4-14(5-3-1)10-11-18-16-8-6-15(7-9-16)17-19-12-13-20-17/h6-9,12-14,18H,1-5,10-11H2. The number of anilines is 1. The van der Waals surface area contributed by atoms with Gasteiger partial charge >= 0.3 is 0 Å². The first-order valence-electron chi connectivity index (χ1n) is 7.65. The number of thiazole rings is 1. The van der Waals surface area contributed by atoms with Crippen LogP contribution in [0, 0.1) is 5.92 Å². The number of hydrogen-bond donors (Lipinski definition) is 1. The van der Waals surface area contributed by atoms with Gasteiger partial charge in [-0.25, -0.2) is 4.98 Å². The third kappa shape index (κ3) is 3.60. The minimum atomic E-state index is 0.950. The molecule has 1 heterocycles. The second-order valence-electron chi connectivity index (χ2n) is 5.63. The monoisotopic (exact) mass is 286 g/mol. The molecule has 0 unspecified atom stereocenters. The van der Waals surface area contributed by atoms with Gasteiger partial charge in [-0.15, -0.1) is 11.3 Å². The van der Waals surface area contributed by atoms with E-state index in [0.717, 1.165) is 17.5 Å². The second-order valence-corrected chi connectivity index (χ2v) is 6.53. The summed E-state index contributed by atoms with van der Waals surface area (Å²) in [5, 5.41) is 6.66. The Morgan fingerprint density at radius 3 is 2.60 bits per heavy atom. The maximum absolute atomic E-state index is 4.34. The van der Waals surface area contributed by atoms with Gasteiger partial charge in [0.2, 0.25) is 0 Å². The molecule has 0 aliphatic heterocycles. The van der Waals surface area contributed by atoms with E-state index in [4.69, 9.17) is 0 Å². The van der Waals surface area contributed by atoms with Gasteiger partial charge in [0.25, 0.3) is 0 Å². The minimum Gasteiger partial charge on any atom is -0.385 e. The molecule has 1 aromatic carbocycles. The third-order valence-electron chi connectivity index (χ3n) is 4.17. The Morgan fingerprint density at radius 1 is 1.10 bits per heavy atom. The molecule has 1 aromatic heterocycles. The maximum atomic E-state index is 4.34. The quantitative estimate of drug-likeness (QED) is 0.818. The average molecular weight is 286 g/mol. The highest BCUT2D eigenvalue weighted by Crippen LogP contribution is 2.26. The molecule has 2 nitrogen and oxygen atoms in total. The lowest BCUT2D eigenvalue weighted by atomic mass is 9.87. The van der Waals surface area contributed by atoms with Crippen molar-refractivity contribution in [3.8, 4) is 10.6 Å². The van der Waals surface area contributed by atoms with Gasteiger partial charge < -0.3 is 5.32 Å². The molecule has 1 saturated carbocycles. The first kappa shape index (κ1) is 13.6. The lowest BCUT2D eigenvalue weighted by molar-refractivity contribution is 0.345. The first-order valence-corrected chi connectivity index (χ1v) is 8.53. The van der Waals surface area contributed by atoms with E-state index in [2.05, 4.69) is 34.6 Å². The highest BCUT2D eigenvalue weighted by Gasteiger charge is 2.12. The highest BCUT2D eigenvalue weighted by molar-refractivity contribution is 7.13. The number of benzene rings is 1. The molecular weight excluding hydrogens is 264 g/mol. The van der Waals surface area contributed by atoms with Crippen LogP contribution < -0.4 is 5.32 Å². The lowest BCUT2D eigenvalue weighted by Crippen LogP contribution is -2.12. The molecule has 0 atom stereocenters. The largest absolute Gasteiger partial charge is 0.385 e. The van der Waals surface area contributed by atoms with Crippen LogP contribution in [0.1, 0.15) is 38.5 Å². The first-order chi connectivity index (χ1) is 9.92. The molecule has 1 aliphatic carbocycles. The summed E-state index contributed by atoms with van der Waals surface area (Å²) in [4.78, 5) is 4.34. The molecule has 0 spiro atoms. The fourth-order valence-corrected chi connectivity index (χ4v) is 3.64. The fraction of sp³-hybridized carbons (Fsp3) is 0.471. The van der Waals surface area contributed by atoms with Gasteiger partial charge in [-0.05, 0) is 36.6 Å². The maximum Gasteiger partial charge on any atom is 0.123 e. The molecule has 2 aromatic rings. The Kier molecular flexibility index (Phi) is 4.69. The van der Waals surface area contributed by atoms with E-state index in [0.29, 0.717) is 0 Å². The van der Waals surface area contributed by atoms with E-state index < -0.39 is 0 Å². The highest BCUT2D eigenvalue weighted by atomic mass is 32.1. The summed E-state index contributed by atoms with van der Waals surface area (Å²) < 4.78 is 0. The van der Waals surface area contributed by atoms with Crippen molar-refractivity contribution in [1.29, 1.82) is 0 Å². The fourth-order valence-electron chi connectivity index (χ4n) is 2.99. The molecule has 3 rings (SSSR count). The van der Waals surface area contributed by atoms with Crippen molar-refractivity contribution in [3.63, 3.8) is 0 Å². The van der Waals surface area contributed by atoms with E-state index in [1.807, 2.05) is 11.6 Å². The summed E-state index contributed by atoms with van der Waals surface area (Å²) in [7, 11) is 0. The van der Waals surface area contributed by atoms with E-state index in [-0.39, 0.29) is 0 Å². The zero-order valence-electron chi connectivity index (χ0n) is 11.8. The summed E-state index contributed by atoms with van der Waals surface area (Å²) >= 11 is 1.69. The zero-order chi connectivity index (χ0) is 13.6. The SMILES string of the molecule is c1csc(-c2ccc(NCCC3CCCCC3)cc2)n1. The Hall–Kier alpha value is -1.35. The number of rotatable bonds is 5. The topological polar surface area (TPSA) is 24.9 Å². The predicted octanol–water partition coefficient (Wildman–Crippen LogP) is 5.19. The van der Waals surface area contributed by atoms with Gasteiger partial charge in [0, 0.05) is 29.4 Å². The molecule has 106 valence electrons. The van der Waals surface area contributed by atoms with Crippen LogP contribution >= 0.6 is 11.3 Å². The second kappa shape index (κ2) is 6.89. The van der Waals surface area contributed by atoms with Crippen molar-refractivity contribution in [2.75, 3.05) is 11.9 Å². The Morgan fingerprint density at radius 2 is 1.90 bits per heavy atom. The smallest absolute Gasteiger partial charge is 0.123 e. The van der Waals surface area contributed by atoms with E-state index >= 15 is 0 Å². The zero-order valence-corrected chi connectivity index (χ0v) is 12.7. The summed E-state index contributed by atoms with van der Waals surface area (Å²) in [5.74, 6) is 0.950. The molecule has 1 aliphatic rings. The molecule has 1 N–H and O–H groups in total. The number of nitrogens with zero attached hydrogens (tertiary/aromatic N) is 1. The summed E-state index contributed by atoms with van der Waals surface area (Å²) in [5.41, 5.74) is 2.43. The normalized spacial score (nSPS) is 16.2. The van der Waals surface area contributed by atoms with Gasteiger partial charge in [-0.1, -0.05) is 32.1 Å². The van der Waals surface area contributed by atoms with Crippen LogP contribution in [0.25, 0.3) is 10.6 Å². The van der Waals surface area contributed by atoms with Gasteiger partial charge in [0.15, 0.2) is 0 Å². The van der Waals surface area contributed by atoms with Gasteiger partial charge in [-0.3, -0.25) is 0 Å². The summed E-state index contributed by atoms with van der Waals surface area (Å²) in [6.07, 6.45) is 10.4. The molecule has 0 amide bonds. The third-order valence-corrected chi connectivity index (χ3v) is 4.99. The molecule has 3 heteroatoms. The molecule has 20 heavy (non-hydrogen) atoms. The van der Waals surface area contributed by atoms with Crippen molar-refractivity contribution in [3.05, 3.63) is 35.8 Å². The molecular formula is C17H22N2S. The van der Waals surface area contributed by atoms with Crippen LogP contribution in [0.2, 0.25) is 0 Å². The predicted molar refractivity (Wildman–Crippen MR) is 87.2 cm³/mol. The van der Waals surface area contributed by atoms with Gasteiger partial charge in [0.1, 0.15) is 5.01 Å². The van der Waals surface area contributed by atoms with Gasteiger partial charge in [0.05, 0.1) is 0 Å². The van der Waals surface area contributed by atoms with Crippen LogP contribution in [0.15, 0.2) is 35.8 Å². The number of nitrogens with one attached hydrogen (secondary N) is 1. The van der Waals surface area contributed by atoms with Crippen molar-refractivity contribution < 1.29 is 0 Å². The van der Waals surface area contributed by atoms with Crippen molar-refractivity contribution in [1.82, 2.24) is 4.98 Å². The molecule has 0 bridgehead atoms. The van der Waals surface area contributed by atoms with Crippen molar-refractivity contribution >= 4 is 17.0 Å². The Balaban J connectivity index is 1.48. The average Bonchev–Trinajstić information content (AvgIpc) is 3.03. The lowest BCUT2D eigenvalue weighted by Gasteiger charge is -2.21. The molecule has 0 radical (unpaired) electrons. The van der Waals surface area contributed by atoms with Crippen LogP contribution in [-0.2, 0) is 0 Å². The Labute approximate surface area is 125 Å². The van der Waals surface area contributed by atoms with E-state index in [9.17, 15) is 0 Å². The van der Waals surface area contributed by atoms with Gasteiger partial charge in [-0.2, -0.15) is 0 Å². The molecule has 1 fully saturated rings. The van der Waals surface area contributed by atoms with Crippen LogP contribution in [0.5, 0.6) is 0 Å². The van der Waals surface area contributed by atoms with E-state index in [1.165, 1.54) is 49.8 Å². The van der Waals surface area contributed by atoms with Crippen LogP contribution in [-0.4, -0.2) is 11.5 Å². The summed E-state index contributed by atoms with van der Waals surface area (Å²) in [6.45, 7) is 1.10. The van der Waals surface area contributed by atoms with Crippen molar-refractivity contribution in [2.24, 2.45) is 5.92 Å². The number of aromatic nitrogens is 1.